The van der Waals surface area contributed by atoms with Crippen LogP contribution in [0.1, 0.15) is 29.7 Å². The van der Waals surface area contributed by atoms with Crippen molar-refractivity contribution in [2.24, 2.45) is 5.73 Å². The Labute approximate surface area is 160 Å². The molecule has 0 radical (unpaired) electrons. The molecule has 2 aromatic rings. The molecule has 7 heteroatoms. The Morgan fingerprint density at radius 3 is 2.72 bits per heavy atom. The number of aryl methyl sites for hydroxylation is 1. The number of fused-ring (bicyclic) bond motifs is 1. The van der Waals surface area contributed by atoms with E-state index < -0.39 is 5.91 Å². The Morgan fingerprint density at radius 2 is 2.04 bits per heavy atom. The average molecular weight is 392 g/mol. The Morgan fingerprint density at radius 1 is 1.28 bits per heavy atom. The Bertz CT molecular complexity index is 893. The molecular weight excluding hydrogens is 377 g/mol. The monoisotopic (exact) mass is 391 g/mol. The van der Waals surface area contributed by atoms with Gasteiger partial charge in [-0.1, -0.05) is 41.0 Å². The van der Waals surface area contributed by atoms with E-state index in [0.717, 1.165) is 48.1 Å². The number of nitrogens with two attached hydrogens (primary N) is 1. The van der Waals surface area contributed by atoms with Crippen molar-refractivity contribution in [3.05, 3.63) is 45.1 Å². The third-order valence-corrected chi connectivity index (χ3v) is 5.85. The normalized spacial score (nSPS) is 13.2. The highest BCUT2D eigenvalue weighted by Gasteiger charge is 2.23. The van der Waals surface area contributed by atoms with Crippen molar-refractivity contribution in [2.45, 2.75) is 30.7 Å². The molecule has 0 fully saturated rings. The molecule has 1 aliphatic rings. The Hall–Kier alpha value is -1.74. The fourth-order valence-corrected chi connectivity index (χ4v) is 4.08. The van der Waals surface area contributed by atoms with Gasteiger partial charge in [-0.3, -0.25) is 4.79 Å². The highest BCUT2D eigenvalue weighted by Crippen LogP contribution is 2.39. The van der Waals surface area contributed by atoms with E-state index in [9.17, 15) is 10.1 Å². The van der Waals surface area contributed by atoms with Crippen molar-refractivity contribution in [1.82, 2.24) is 4.98 Å². The predicted octanol–water partition coefficient (Wildman–Crippen LogP) is 4.38. The highest BCUT2D eigenvalue weighted by molar-refractivity contribution is 8.00. The number of benzene rings is 1. The molecule has 0 aliphatic heterocycles. The van der Waals surface area contributed by atoms with E-state index >= 15 is 0 Å². The van der Waals surface area contributed by atoms with Crippen LogP contribution in [-0.2, 0) is 17.6 Å². The number of nitrogens with zero attached hydrogens (tertiary/aromatic N) is 2. The van der Waals surface area contributed by atoms with Gasteiger partial charge < -0.3 is 5.73 Å². The number of thioether (sulfide) groups is 1. The van der Waals surface area contributed by atoms with E-state index in [4.69, 9.17) is 28.9 Å². The Kier molecular flexibility index (Phi) is 5.53. The summed E-state index contributed by atoms with van der Waals surface area (Å²) in [7, 11) is 0. The number of rotatable bonds is 4. The first-order valence-electron chi connectivity index (χ1n) is 7.83. The van der Waals surface area contributed by atoms with Crippen LogP contribution in [0.15, 0.2) is 23.2 Å². The summed E-state index contributed by atoms with van der Waals surface area (Å²) in [5, 5.41) is 11.2. The lowest BCUT2D eigenvalue weighted by Crippen LogP contribution is -2.15. The van der Waals surface area contributed by atoms with Crippen molar-refractivity contribution in [3.63, 3.8) is 0 Å². The SMILES string of the molecule is N#Cc1c(SCC(N)=O)nc2c(c1-c1ccc(Cl)c(Cl)c1)CCCC2. The number of hydrogen-bond donors (Lipinski definition) is 1. The zero-order valence-electron chi connectivity index (χ0n) is 13.3. The van der Waals surface area contributed by atoms with Gasteiger partial charge in [0.1, 0.15) is 11.1 Å². The fourth-order valence-electron chi connectivity index (χ4n) is 3.04. The molecule has 3 rings (SSSR count). The molecule has 2 N–H and O–H groups in total. The van der Waals surface area contributed by atoms with Crippen LogP contribution < -0.4 is 5.73 Å². The maximum absolute atomic E-state index is 11.2. The first kappa shape index (κ1) is 18.1. The first-order chi connectivity index (χ1) is 12.0. The van der Waals surface area contributed by atoms with Gasteiger partial charge in [-0.25, -0.2) is 4.98 Å². The maximum Gasteiger partial charge on any atom is 0.227 e. The third kappa shape index (κ3) is 3.77. The van der Waals surface area contributed by atoms with Crippen molar-refractivity contribution in [1.29, 1.82) is 5.26 Å². The van der Waals surface area contributed by atoms with Crippen molar-refractivity contribution < 1.29 is 4.79 Å². The molecule has 0 saturated carbocycles. The van der Waals surface area contributed by atoms with Gasteiger partial charge in [0.2, 0.25) is 5.91 Å². The summed E-state index contributed by atoms with van der Waals surface area (Å²) in [6, 6.07) is 7.63. The minimum Gasteiger partial charge on any atom is -0.369 e. The van der Waals surface area contributed by atoms with E-state index in [0.29, 0.717) is 20.6 Å². The molecule has 1 aromatic heterocycles. The standard InChI is InChI=1S/C18H15Cl2N3OS/c19-13-6-5-10(7-14(13)20)17-11-3-1-2-4-15(11)23-18(12(17)8-21)25-9-16(22)24/h5-7H,1-4,9H2,(H2,22,24). The van der Waals surface area contributed by atoms with Crippen LogP contribution in [0.25, 0.3) is 11.1 Å². The molecular formula is C18H15Cl2N3OS. The second-order valence-corrected chi connectivity index (χ2v) is 7.57. The highest BCUT2D eigenvalue weighted by atomic mass is 35.5. The summed E-state index contributed by atoms with van der Waals surface area (Å²) in [6.45, 7) is 0. The van der Waals surface area contributed by atoms with Crippen LogP contribution in [0, 0.1) is 11.3 Å². The van der Waals surface area contributed by atoms with Gasteiger partial charge >= 0.3 is 0 Å². The summed E-state index contributed by atoms with van der Waals surface area (Å²) >= 11 is 13.4. The lowest BCUT2D eigenvalue weighted by molar-refractivity contribution is -0.115. The number of halogens is 2. The number of carbonyl (C=O) groups is 1. The van der Waals surface area contributed by atoms with Crippen LogP contribution >= 0.6 is 35.0 Å². The quantitative estimate of drug-likeness (QED) is 0.783. The molecule has 25 heavy (non-hydrogen) atoms. The van der Waals surface area contributed by atoms with E-state index in [1.165, 1.54) is 11.8 Å². The minimum atomic E-state index is -0.440. The number of hydrogen-bond acceptors (Lipinski definition) is 4. The summed E-state index contributed by atoms with van der Waals surface area (Å²) < 4.78 is 0. The molecule has 0 bridgehead atoms. The first-order valence-corrected chi connectivity index (χ1v) is 9.57. The summed E-state index contributed by atoms with van der Waals surface area (Å²) in [4.78, 5) is 15.8. The van der Waals surface area contributed by atoms with E-state index in [1.807, 2.05) is 6.07 Å². The molecule has 1 heterocycles. The van der Waals surface area contributed by atoms with Crippen molar-refractivity contribution in [3.8, 4) is 17.2 Å². The molecule has 0 saturated heterocycles. The van der Waals surface area contributed by atoms with Gasteiger partial charge in [-0.2, -0.15) is 5.26 Å². The van der Waals surface area contributed by atoms with E-state index in [2.05, 4.69) is 11.1 Å². The van der Waals surface area contributed by atoms with Gasteiger partial charge in [0.15, 0.2) is 0 Å². The third-order valence-electron chi connectivity index (χ3n) is 4.11. The van der Waals surface area contributed by atoms with Crippen LogP contribution in [0.2, 0.25) is 10.0 Å². The number of nitriles is 1. The van der Waals surface area contributed by atoms with E-state index in [-0.39, 0.29) is 5.75 Å². The number of carbonyl (C=O) groups excluding carboxylic acids is 1. The number of pyridine rings is 1. The molecule has 1 amide bonds. The summed E-state index contributed by atoms with van der Waals surface area (Å²) in [5.41, 5.74) is 9.47. The molecule has 1 aliphatic carbocycles. The van der Waals surface area contributed by atoms with Crippen molar-refractivity contribution in [2.75, 3.05) is 5.75 Å². The summed E-state index contributed by atoms with van der Waals surface area (Å²) in [5.74, 6) is -0.356. The minimum absolute atomic E-state index is 0.0846. The second kappa shape index (κ2) is 7.65. The van der Waals surface area contributed by atoms with Gasteiger partial charge in [0.25, 0.3) is 0 Å². The summed E-state index contributed by atoms with van der Waals surface area (Å²) in [6.07, 6.45) is 3.85. The molecule has 0 unspecified atom stereocenters. The fraction of sp³-hybridized carbons (Fsp3) is 0.278. The predicted molar refractivity (Wildman–Crippen MR) is 101 cm³/mol. The molecule has 128 valence electrons. The lowest BCUT2D eigenvalue weighted by atomic mass is 9.87. The lowest BCUT2D eigenvalue weighted by Gasteiger charge is -2.22. The van der Waals surface area contributed by atoms with Gasteiger partial charge in [0, 0.05) is 11.3 Å². The van der Waals surface area contributed by atoms with Crippen LogP contribution in [-0.4, -0.2) is 16.6 Å². The van der Waals surface area contributed by atoms with E-state index in [1.54, 1.807) is 12.1 Å². The molecule has 1 aromatic carbocycles. The van der Waals surface area contributed by atoms with Crippen LogP contribution in [0.4, 0.5) is 0 Å². The Balaban J connectivity index is 2.23. The largest absolute Gasteiger partial charge is 0.369 e. The van der Waals surface area contributed by atoms with Crippen LogP contribution in [0.3, 0.4) is 0 Å². The zero-order valence-corrected chi connectivity index (χ0v) is 15.6. The number of aromatic nitrogens is 1. The number of primary amides is 1. The van der Waals surface area contributed by atoms with Gasteiger partial charge in [-0.05, 0) is 48.9 Å². The molecule has 4 nitrogen and oxygen atoms in total. The van der Waals surface area contributed by atoms with Gasteiger partial charge in [0.05, 0.1) is 21.4 Å². The topological polar surface area (TPSA) is 79.8 Å². The second-order valence-electron chi connectivity index (χ2n) is 5.79. The van der Waals surface area contributed by atoms with Crippen molar-refractivity contribution >= 4 is 40.9 Å². The molecule has 0 spiro atoms. The zero-order chi connectivity index (χ0) is 18.0. The smallest absolute Gasteiger partial charge is 0.227 e. The molecule has 0 atom stereocenters. The van der Waals surface area contributed by atoms with Crippen LogP contribution in [0.5, 0.6) is 0 Å². The van der Waals surface area contributed by atoms with Gasteiger partial charge in [-0.15, -0.1) is 0 Å². The number of amides is 1. The average Bonchev–Trinajstić information content (AvgIpc) is 2.60. The maximum atomic E-state index is 11.2.